The first-order chi connectivity index (χ1) is 11.8. The first-order valence-corrected chi connectivity index (χ1v) is 9.86. The number of nitrogens with zero attached hydrogens (tertiary/aromatic N) is 3. The molecule has 2 rings (SSSR count). The number of morpholine rings is 1. The summed E-state index contributed by atoms with van der Waals surface area (Å²) in [5, 5.41) is 6.87. The van der Waals surface area contributed by atoms with Crippen LogP contribution in [0, 0.1) is 0 Å². The van der Waals surface area contributed by atoms with Gasteiger partial charge in [-0.1, -0.05) is 12.8 Å². The Labute approximate surface area is 171 Å². The monoisotopic (exact) mass is 467 g/mol. The van der Waals surface area contributed by atoms with Crippen molar-refractivity contribution in [1.29, 1.82) is 0 Å². The molecule has 0 saturated carbocycles. The lowest BCUT2D eigenvalue weighted by Gasteiger charge is -2.31. The number of guanidine groups is 1. The molecule has 0 amide bonds. The van der Waals surface area contributed by atoms with Crippen LogP contribution in [-0.2, 0) is 4.74 Å². The zero-order valence-electron chi connectivity index (χ0n) is 16.1. The number of hydrogen-bond acceptors (Lipinski definition) is 4. The lowest BCUT2D eigenvalue weighted by molar-refractivity contribution is 0.0220. The summed E-state index contributed by atoms with van der Waals surface area (Å²) in [6.45, 7) is 14.5. The second-order valence-corrected chi connectivity index (χ2v) is 6.90. The molecule has 2 fully saturated rings. The van der Waals surface area contributed by atoms with Crippen molar-refractivity contribution >= 4 is 29.9 Å². The Kier molecular flexibility index (Phi) is 12.8. The number of halogens is 1. The lowest BCUT2D eigenvalue weighted by atomic mass is 10.2. The number of ether oxygens (including phenoxy) is 1. The molecule has 0 spiro atoms. The predicted octanol–water partition coefficient (Wildman–Crippen LogP) is 1.76. The molecule has 0 radical (unpaired) electrons. The van der Waals surface area contributed by atoms with Crippen LogP contribution in [0.1, 0.15) is 39.5 Å². The van der Waals surface area contributed by atoms with Crippen molar-refractivity contribution in [1.82, 2.24) is 20.4 Å². The highest BCUT2D eigenvalue weighted by molar-refractivity contribution is 14.0. The number of likely N-dealkylation sites (tertiary alicyclic amines) is 1. The summed E-state index contributed by atoms with van der Waals surface area (Å²) < 4.78 is 5.43. The Hall–Kier alpha value is -0.120. The number of hydrogen-bond donors (Lipinski definition) is 2. The standard InChI is InChI=1S/C18H37N5O.HI/c1-3-19-18(20-8-11-22-9-6-4-5-7-10-22)21-16-17(2)23-12-14-24-15-13-23;/h17H,3-16H2,1-2H3,(H2,19,20,21);1H. The van der Waals surface area contributed by atoms with Crippen LogP contribution in [0.3, 0.4) is 0 Å². The van der Waals surface area contributed by atoms with E-state index in [2.05, 4.69) is 34.3 Å². The molecule has 2 aliphatic rings. The average molecular weight is 467 g/mol. The molecule has 2 heterocycles. The second kappa shape index (κ2) is 14.0. The van der Waals surface area contributed by atoms with E-state index in [0.29, 0.717) is 6.04 Å². The van der Waals surface area contributed by atoms with E-state index in [4.69, 9.17) is 9.73 Å². The quantitative estimate of drug-likeness (QED) is 0.340. The molecule has 6 nitrogen and oxygen atoms in total. The average Bonchev–Trinajstić information content (AvgIpc) is 2.89. The van der Waals surface area contributed by atoms with Crippen molar-refractivity contribution < 1.29 is 4.74 Å². The third kappa shape index (κ3) is 9.40. The summed E-state index contributed by atoms with van der Waals surface area (Å²) in [6, 6.07) is 0.468. The molecular formula is C18H38IN5O. The highest BCUT2D eigenvalue weighted by atomic mass is 127. The SMILES string of the molecule is CCNC(=NCC(C)N1CCOCC1)NCCN1CCCCCC1.I. The maximum atomic E-state index is 5.43. The Morgan fingerprint density at radius 1 is 1.04 bits per heavy atom. The van der Waals surface area contributed by atoms with E-state index in [1.807, 2.05) is 0 Å². The van der Waals surface area contributed by atoms with E-state index in [9.17, 15) is 0 Å². The van der Waals surface area contributed by atoms with Crippen molar-refractivity contribution in [3.63, 3.8) is 0 Å². The van der Waals surface area contributed by atoms with Gasteiger partial charge in [-0.2, -0.15) is 0 Å². The summed E-state index contributed by atoms with van der Waals surface area (Å²) in [6.07, 6.45) is 5.50. The van der Waals surface area contributed by atoms with Crippen molar-refractivity contribution in [2.24, 2.45) is 4.99 Å². The van der Waals surface area contributed by atoms with Crippen LogP contribution in [0.5, 0.6) is 0 Å². The molecule has 0 bridgehead atoms. The van der Waals surface area contributed by atoms with Crippen LogP contribution >= 0.6 is 24.0 Å². The largest absolute Gasteiger partial charge is 0.379 e. The molecule has 2 N–H and O–H groups in total. The lowest BCUT2D eigenvalue weighted by Crippen LogP contribution is -2.45. The third-order valence-corrected chi connectivity index (χ3v) is 4.95. The van der Waals surface area contributed by atoms with Gasteiger partial charge in [-0.05, 0) is 39.8 Å². The minimum atomic E-state index is 0. The van der Waals surface area contributed by atoms with Gasteiger partial charge in [0.25, 0.3) is 0 Å². The molecule has 148 valence electrons. The van der Waals surface area contributed by atoms with E-state index >= 15 is 0 Å². The van der Waals surface area contributed by atoms with Crippen molar-refractivity contribution in [2.75, 3.05) is 65.6 Å². The first kappa shape index (κ1) is 22.9. The van der Waals surface area contributed by atoms with Crippen LogP contribution in [0.15, 0.2) is 4.99 Å². The van der Waals surface area contributed by atoms with Gasteiger partial charge < -0.3 is 20.3 Å². The van der Waals surface area contributed by atoms with E-state index < -0.39 is 0 Å². The number of nitrogens with one attached hydrogen (secondary N) is 2. The van der Waals surface area contributed by atoms with Crippen molar-refractivity contribution in [3.05, 3.63) is 0 Å². The zero-order valence-corrected chi connectivity index (χ0v) is 18.5. The van der Waals surface area contributed by atoms with Gasteiger partial charge >= 0.3 is 0 Å². The van der Waals surface area contributed by atoms with Gasteiger partial charge in [0.15, 0.2) is 5.96 Å². The summed E-state index contributed by atoms with van der Waals surface area (Å²) in [4.78, 5) is 9.83. The van der Waals surface area contributed by atoms with Crippen molar-refractivity contribution in [2.45, 2.75) is 45.6 Å². The van der Waals surface area contributed by atoms with E-state index in [1.165, 1.54) is 38.8 Å². The van der Waals surface area contributed by atoms with Gasteiger partial charge in [-0.25, -0.2) is 0 Å². The molecule has 0 aliphatic carbocycles. The molecule has 1 atom stereocenters. The highest BCUT2D eigenvalue weighted by Crippen LogP contribution is 2.08. The number of aliphatic imine (C=N–C) groups is 1. The van der Waals surface area contributed by atoms with Crippen LogP contribution in [-0.4, -0.2) is 87.4 Å². The van der Waals surface area contributed by atoms with Gasteiger partial charge in [0.05, 0.1) is 19.8 Å². The molecule has 1 unspecified atom stereocenters. The molecule has 0 aromatic carbocycles. The Bertz CT molecular complexity index is 355. The zero-order chi connectivity index (χ0) is 17.0. The van der Waals surface area contributed by atoms with Gasteiger partial charge in [-0.15, -0.1) is 24.0 Å². The molecule has 0 aromatic rings. The molecule has 0 aromatic heterocycles. The predicted molar refractivity (Wildman–Crippen MR) is 116 cm³/mol. The third-order valence-electron chi connectivity index (χ3n) is 4.95. The molecule has 2 aliphatic heterocycles. The van der Waals surface area contributed by atoms with Gasteiger partial charge in [0.1, 0.15) is 0 Å². The topological polar surface area (TPSA) is 52.1 Å². The van der Waals surface area contributed by atoms with Gasteiger partial charge in [0.2, 0.25) is 0 Å². The molecular weight excluding hydrogens is 429 g/mol. The highest BCUT2D eigenvalue weighted by Gasteiger charge is 2.16. The van der Waals surface area contributed by atoms with Crippen LogP contribution in [0.2, 0.25) is 0 Å². The summed E-state index contributed by atoms with van der Waals surface area (Å²) in [5.74, 6) is 0.951. The summed E-state index contributed by atoms with van der Waals surface area (Å²) in [7, 11) is 0. The summed E-state index contributed by atoms with van der Waals surface area (Å²) >= 11 is 0. The normalized spacial score (nSPS) is 21.9. The van der Waals surface area contributed by atoms with Crippen LogP contribution in [0.25, 0.3) is 0 Å². The van der Waals surface area contributed by atoms with Crippen molar-refractivity contribution in [3.8, 4) is 0 Å². The molecule has 7 heteroatoms. The Morgan fingerprint density at radius 3 is 2.36 bits per heavy atom. The summed E-state index contributed by atoms with van der Waals surface area (Å²) in [5.41, 5.74) is 0. The maximum absolute atomic E-state index is 5.43. The van der Waals surface area contributed by atoms with Crippen LogP contribution < -0.4 is 10.6 Å². The fraction of sp³-hybridized carbons (Fsp3) is 0.944. The smallest absolute Gasteiger partial charge is 0.191 e. The minimum Gasteiger partial charge on any atom is -0.379 e. The Morgan fingerprint density at radius 2 is 1.72 bits per heavy atom. The van der Waals surface area contributed by atoms with Gasteiger partial charge in [-0.3, -0.25) is 9.89 Å². The maximum Gasteiger partial charge on any atom is 0.191 e. The molecule has 25 heavy (non-hydrogen) atoms. The molecule has 2 saturated heterocycles. The van der Waals surface area contributed by atoms with Crippen LogP contribution in [0.4, 0.5) is 0 Å². The Balaban J connectivity index is 0.00000312. The second-order valence-electron chi connectivity index (χ2n) is 6.90. The van der Waals surface area contributed by atoms with E-state index in [-0.39, 0.29) is 24.0 Å². The minimum absolute atomic E-state index is 0. The van der Waals surface area contributed by atoms with E-state index in [1.54, 1.807) is 0 Å². The fourth-order valence-electron chi connectivity index (χ4n) is 3.39. The number of rotatable bonds is 7. The first-order valence-electron chi connectivity index (χ1n) is 9.86. The fourth-order valence-corrected chi connectivity index (χ4v) is 3.39. The van der Waals surface area contributed by atoms with E-state index in [0.717, 1.165) is 58.4 Å². The van der Waals surface area contributed by atoms with Gasteiger partial charge in [0, 0.05) is 38.8 Å².